The van der Waals surface area contributed by atoms with E-state index in [-0.39, 0.29) is 0 Å². The molecule has 2 heterocycles. The molecule has 0 bridgehead atoms. The Morgan fingerprint density at radius 3 is 2.94 bits per heavy atom. The van der Waals surface area contributed by atoms with Crippen molar-refractivity contribution in [1.29, 1.82) is 0 Å². The van der Waals surface area contributed by atoms with Crippen LogP contribution in [0.5, 0.6) is 0 Å². The number of carboxylic acid groups (broad SMARTS) is 1. The van der Waals surface area contributed by atoms with E-state index in [1.54, 1.807) is 19.4 Å². The first-order chi connectivity index (χ1) is 8.16. The minimum absolute atomic E-state index is 0.309. The second kappa shape index (κ2) is 3.66. The number of aromatic nitrogens is 3. The van der Waals surface area contributed by atoms with Crippen molar-refractivity contribution < 1.29 is 9.90 Å². The van der Waals surface area contributed by atoms with Gasteiger partial charge in [0.25, 0.3) is 0 Å². The average molecular weight is 249 g/mol. The molecule has 0 saturated heterocycles. The summed E-state index contributed by atoms with van der Waals surface area (Å²) >= 11 is 1.21. The van der Waals surface area contributed by atoms with Crippen LogP contribution in [0.25, 0.3) is 10.7 Å². The SMILES string of the molecule is Cc1nc(-c2cncn2C2CC2)sc1C(=O)O. The van der Waals surface area contributed by atoms with Gasteiger partial charge in [0.05, 0.1) is 23.9 Å². The van der Waals surface area contributed by atoms with Crippen LogP contribution in [0.1, 0.15) is 34.2 Å². The van der Waals surface area contributed by atoms with E-state index in [9.17, 15) is 4.79 Å². The molecule has 0 spiro atoms. The first kappa shape index (κ1) is 10.5. The fourth-order valence-corrected chi connectivity index (χ4v) is 2.74. The van der Waals surface area contributed by atoms with Crippen molar-refractivity contribution in [2.24, 2.45) is 0 Å². The van der Waals surface area contributed by atoms with Crippen LogP contribution in [0, 0.1) is 6.92 Å². The number of aromatic carboxylic acids is 1. The molecule has 3 rings (SSSR count). The molecule has 5 nitrogen and oxygen atoms in total. The second-order valence-corrected chi connectivity index (χ2v) is 5.16. The summed E-state index contributed by atoms with van der Waals surface area (Å²) in [4.78, 5) is 19.7. The van der Waals surface area contributed by atoms with Crippen LogP contribution < -0.4 is 0 Å². The van der Waals surface area contributed by atoms with E-state index in [0.717, 1.165) is 10.7 Å². The Bertz CT molecular complexity index is 583. The Balaban J connectivity index is 2.06. The zero-order valence-electron chi connectivity index (χ0n) is 9.25. The third kappa shape index (κ3) is 1.74. The number of hydrogen-bond acceptors (Lipinski definition) is 4. The van der Waals surface area contributed by atoms with Gasteiger partial charge in [-0.2, -0.15) is 0 Å². The monoisotopic (exact) mass is 249 g/mol. The molecule has 0 unspecified atom stereocenters. The summed E-state index contributed by atoms with van der Waals surface area (Å²) in [7, 11) is 0. The van der Waals surface area contributed by atoms with Crippen LogP contribution in [0.3, 0.4) is 0 Å². The quantitative estimate of drug-likeness (QED) is 0.906. The molecule has 88 valence electrons. The second-order valence-electron chi connectivity index (χ2n) is 4.16. The van der Waals surface area contributed by atoms with E-state index >= 15 is 0 Å². The summed E-state index contributed by atoms with van der Waals surface area (Å²) in [6.07, 6.45) is 5.88. The van der Waals surface area contributed by atoms with Gasteiger partial charge in [-0.1, -0.05) is 0 Å². The molecular formula is C11H11N3O2S. The minimum atomic E-state index is -0.913. The Morgan fingerprint density at radius 1 is 1.59 bits per heavy atom. The predicted molar refractivity (Wildman–Crippen MR) is 63.3 cm³/mol. The average Bonchev–Trinajstić information content (AvgIpc) is 2.87. The lowest BCUT2D eigenvalue weighted by Gasteiger charge is -2.02. The van der Waals surface area contributed by atoms with Gasteiger partial charge in [-0.25, -0.2) is 14.8 Å². The zero-order valence-corrected chi connectivity index (χ0v) is 10.1. The van der Waals surface area contributed by atoms with Crippen molar-refractivity contribution in [3.63, 3.8) is 0 Å². The summed E-state index contributed by atoms with van der Waals surface area (Å²) in [5, 5.41) is 9.76. The van der Waals surface area contributed by atoms with E-state index < -0.39 is 5.97 Å². The zero-order chi connectivity index (χ0) is 12.0. The van der Waals surface area contributed by atoms with E-state index in [0.29, 0.717) is 16.6 Å². The number of carbonyl (C=O) groups is 1. The molecule has 0 amide bonds. The van der Waals surface area contributed by atoms with Crippen molar-refractivity contribution in [2.75, 3.05) is 0 Å². The van der Waals surface area contributed by atoms with E-state index in [1.165, 1.54) is 24.2 Å². The van der Waals surface area contributed by atoms with Crippen LogP contribution in [0.4, 0.5) is 0 Å². The maximum atomic E-state index is 11.0. The summed E-state index contributed by atoms with van der Waals surface area (Å²) in [6.45, 7) is 1.72. The molecule has 1 N–H and O–H groups in total. The van der Waals surface area contributed by atoms with Gasteiger partial charge in [-0.3, -0.25) is 0 Å². The smallest absolute Gasteiger partial charge is 0.347 e. The minimum Gasteiger partial charge on any atom is -0.477 e. The Hall–Kier alpha value is -1.69. The number of imidazole rings is 1. The Kier molecular flexibility index (Phi) is 2.25. The number of hydrogen-bond donors (Lipinski definition) is 1. The highest BCUT2D eigenvalue weighted by Gasteiger charge is 2.27. The maximum Gasteiger partial charge on any atom is 0.347 e. The molecule has 1 saturated carbocycles. The Morgan fingerprint density at radius 2 is 2.35 bits per heavy atom. The molecule has 0 aliphatic heterocycles. The van der Waals surface area contributed by atoms with Crippen molar-refractivity contribution in [1.82, 2.24) is 14.5 Å². The number of thiazole rings is 1. The molecule has 0 aromatic carbocycles. The van der Waals surface area contributed by atoms with Gasteiger partial charge in [0.1, 0.15) is 9.88 Å². The summed E-state index contributed by atoms with van der Waals surface area (Å²) in [6, 6.07) is 0.519. The normalized spacial score (nSPS) is 15.1. The van der Waals surface area contributed by atoms with E-state index in [2.05, 4.69) is 14.5 Å². The number of carboxylic acids is 1. The lowest BCUT2D eigenvalue weighted by Crippen LogP contribution is -1.94. The third-order valence-corrected chi connectivity index (χ3v) is 3.98. The summed E-state index contributed by atoms with van der Waals surface area (Å²) in [5.74, 6) is -0.913. The van der Waals surface area contributed by atoms with Gasteiger partial charge < -0.3 is 9.67 Å². The highest BCUT2D eigenvalue weighted by atomic mass is 32.1. The maximum absolute atomic E-state index is 11.0. The van der Waals surface area contributed by atoms with Crippen molar-refractivity contribution in [2.45, 2.75) is 25.8 Å². The molecule has 1 aliphatic carbocycles. The Labute approximate surface area is 102 Å². The van der Waals surface area contributed by atoms with Gasteiger partial charge >= 0.3 is 5.97 Å². The van der Waals surface area contributed by atoms with Gasteiger partial charge in [0, 0.05) is 6.04 Å². The first-order valence-corrected chi connectivity index (χ1v) is 6.21. The fraction of sp³-hybridized carbons (Fsp3) is 0.364. The van der Waals surface area contributed by atoms with Crippen molar-refractivity contribution in [3.8, 4) is 10.7 Å². The molecule has 0 radical (unpaired) electrons. The van der Waals surface area contributed by atoms with Gasteiger partial charge in [0.2, 0.25) is 0 Å². The van der Waals surface area contributed by atoms with Crippen LogP contribution in [-0.4, -0.2) is 25.6 Å². The van der Waals surface area contributed by atoms with Gasteiger partial charge in [-0.15, -0.1) is 11.3 Å². The summed E-state index contributed by atoms with van der Waals surface area (Å²) < 4.78 is 2.09. The molecule has 2 aromatic heterocycles. The van der Waals surface area contributed by atoms with Crippen molar-refractivity contribution >= 4 is 17.3 Å². The third-order valence-electron chi connectivity index (χ3n) is 2.82. The molecule has 1 fully saturated rings. The van der Waals surface area contributed by atoms with E-state index in [1.807, 2.05) is 0 Å². The lowest BCUT2D eigenvalue weighted by molar-refractivity contribution is 0.0701. The lowest BCUT2D eigenvalue weighted by atomic mass is 10.4. The predicted octanol–water partition coefficient (Wildman–Crippen LogP) is 2.35. The standard InChI is InChI=1S/C11H11N3O2S/c1-6-9(11(15)16)17-10(13-6)8-4-12-5-14(8)7-2-3-7/h4-5,7H,2-3H2,1H3,(H,15,16). The highest BCUT2D eigenvalue weighted by molar-refractivity contribution is 7.17. The molecule has 17 heavy (non-hydrogen) atoms. The molecule has 6 heteroatoms. The van der Waals surface area contributed by atoms with Crippen LogP contribution in [-0.2, 0) is 0 Å². The van der Waals surface area contributed by atoms with Crippen molar-refractivity contribution in [3.05, 3.63) is 23.1 Å². The van der Waals surface area contributed by atoms with Gasteiger partial charge in [0.15, 0.2) is 0 Å². The van der Waals surface area contributed by atoms with Gasteiger partial charge in [-0.05, 0) is 19.8 Å². The first-order valence-electron chi connectivity index (χ1n) is 5.39. The van der Waals surface area contributed by atoms with Crippen LogP contribution in [0.2, 0.25) is 0 Å². The number of rotatable bonds is 3. The van der Waals surface area contributed by atoms with Crippen LogP contribution in [0.15, 0.2) is 12.5 Å². The number of nitrogens with zero attached hydrogens (tertiary/aromatic N) is 3. The van der Waals surface area contributed by atoms with Crippen LogP contribution >= 0.6 is 11.3 Å². The molecule has 0 atom stereocenters. The highest BCUT2D eigenvalue weighted by Crippen LogP contribution is 2.39. The van der Waals surface area contributed by atoms with E-state index in [4.69, 9.17) is 5.11 Å². The fourth-order valence-electron chi connectivity index (χ4n) is 1.82. The molecular weight excluding hydrogens is 238 g/mol. The molecule has 2 aromatic rings. The molecule has 1 aliphatic rings. The largest absolute Gasteiger partial charge is 0.477 e. The topological polar surface area (TPSA) is 68.0 Å². The summed E-state index contributed by atoms with van der Waals surface area (Å²) in [5.41, 5.74) is 1.49. The number of aryl methyl sites for hydroxylation is 1.